The van der Waals surface area contributed by atoms with Crippen molar-refractivity contribution in [3.05, 3.63) is 65.7 Å². The molecule has 1 heterocycles. The molecular formula is C23H30N2O3S. The number of benzene rings is 2. The molecule has 29 heavy (non-hydrogen) atoms. The third kappa shape index (κ3) is 5.46. The fraction of sp³-hybridized carbons (Fsp3) is 0.435. The maximum absolute atomic E-state index is 13.0. The van der Waals surface area contributed by atoms with E-state index < -0.39 is 15.6 Å². The highest BCUT2D eigenvalue weighted by Crippen LogP contribution is 2.24. The fourth-order valence-electron chi connectivity index (χ4n) is 3.70. The molecule has 6 heteroatoms. The van der Waals surface area contributed by atoms with Crippen molar-refractivity contribution < 1.29 is 13.2 Å². The van der Waals surface area contributed by atoms with Crippen molar-refractivity contribution in [2.75, 3.05) is 13.1 Å². The molecule has 1 fully saturated rings. The molecule has 1 amide bonds. The van der Waals surface area contributed by atoms with Gasteiger partial charge in [-0.05, 0) is 62.8 Å². The van der Waals surface area contributed by atoms with Crippen LogP contribution in [-0.2, 0) is 16.4 Å². The molecule has 5 nitrogen and oxygen atoms in total. The van der Waals surface area contributed by atoms with Crippen molar-refractivity contribution in [2.45, 2.75) is 50.5 Å². The van der Waals surface area contributed by atoms with Gasteiger partial charge in [-0.1, -0.05) is 43.3 Å². The Morgan fingerprint density at radius 2 is 1.72 bits per heavy atom. The van der Waals surface area contributed by atoms with Crippen LogP contribution in [-0.4, -0.2) is 37.3 Å². The second-order valence-electron chi connectivity index (χ2n) is 8.61. The summed E-state index contributed by atoms with van der Waals surface area (Å²) in [5, 5.41) is 3.04. The zero-order chi connectivity index (χ0) is 21.1. The quantitative estimate of drug-likeness (QED) is 0.781. The van der Waals surface area contributed by atoms with Gasteiger partial charge in [0.2, 0.25) is 10.0 Å². The minimum absolute atomic E-state index is 0.181. The molecule has 0 spiro atoms. The molecule has 0 bridgehead atoms. The maximum Gasteiger partial charge on any atom is 0.251 e. The van der Waals surface area contributed by atoms with E-state index in [0.29, 0.717) is 31.0 Å². The lowest BCUT2D eigenvalue weighted by molar-refractivity contribution is 0.0913. The van der Waals surface area contributed by atoms with Crippen molar-refractivity contribution in [3.8, 4) is 0 Å². The van der Waals surface area contributed by atoms with Gasteiger partial charge in [-0.3, -0.25) is 4.79 Å². The van der Waals surface area contributed by atoms with Gasteiger partial charge in [0, 0.05) is 24.2 Å². The number of carbonyl (C=O) groups is 1. The van der Waals surface area contributed by atoms with Crippen molar-refractivity contribution >= 4 is 15.9 Å². The molecule has 0 aromatic heterocycles. The van der Waals surface area contributed by atoms with E-state index in [9.17, 15) is 13.2 Å². The molecule has 1 aliphatic rings. The minimum Gasteiger partial charge on any atom is -0.347 e. The number of rotatable bonds is 6. The molecule has 0 atom stereocenters. The highest BCUT2D eigenvalue weighted by molar-refractivity contribution is 7.89. The van der Waals surface area contributed by atoms with E-state index in [2.05, 4.69) is 12.2 Å². The molecule has 1 saturated heterocycles. The van der Waals surface area contributed by atoms with Gasteiger partial charge in [0.15, 0.2) is 0 Å². The van der Waals surface area contributed by atoms with Crippen LogP contribution in [0.4, 0.5) is 0 Å². The lowest BCUT2D eigenvalue weighted by atomic mass is 9.94. The first-order valence-corrected chi connectivity index (χ1v) is 11.6. The van der Waals surface area contributed by atoms with Gasteiger partial charge >= 0.3 is 0 Å². The Morgan fingerprint density at radius 1 is 1.07 bits per heavy atom. The van der Waals surface area contributed by atoms with Crippen molar-refractivity contribution in [1.82, 2.24) is 9.62 Å². The molecule has 1 N–H and O–H groups in total. The Balaban J connectivity index is 1.74. The molecule has 2 aromatic carbocycles. The average Bonchev–Trinajstić information content (AvgIpc) is 2.68. The predicted octanol–water partition coefficient (Wildman–Crippen LogP) is 3.86. The Hall–Kier alpha value is -2.18. The monoisotopic (exact) mass is 414 g/mol. The number of piperidine rings is 1. The summed E-state index contributed by atoms with van der Waals surface area (Å²) in [6.07, 6.45) is 2.42. The fourth-order valence-corrected chi connectivity index (χ4v) is 5.22. The summed E-state index contributed by atoms with van der Waals surface area (Å²) >= 11 is 0. The molecule has 2 aromatic rings. The van der Waals surface area contributed by atoms with E-state index in [0.717, 1.165) is 18.4 Å². The van der Waals surface area contributed by atoms with Crippen molar-refractivity contribution in [2.24, 2.45) is 5.92 Å². The smallest absolute Gasteiger partial charge is 0.251 e. The summed E-state index contributed by atoms with van der Waals surface area (Å²) in [6, 6.07) is 16.3. The first-order chi connectivity index (χ1) is 13.7. The second-order valence-corrected chi connectivity index (χ2v) is 10.6. The summed E-state index contributed by atoms with van der Waals surface area (Å²) in [5.74, 6) is 0.278. The first kappa shape index (κ1) is 21.5. The lowest BCUT2D eigenvalue weighted by Gasteiger charge is -2.29. The number of hydrogen-bond acceptors (Lipinski definition) is 3. The van der Waals surface area contributed by atoms with Gasteiger partial charge < -0.3 is 5.32 Å². The topological polar surface area (TPSA) is 66.5 Å². The molecule has 0 unspecified atom stereocenters. The molecule has 0 aliphatic carbocycles. The largest absolute Gasteiger partial charge is 0.347 e. The number of nitrogens with one attached hydrogen (secondary N) is 1. The molecule has 1 aliphatic heterocycles. The number of amides is 1. The van der Waals surface area contributed by atoms with Gasteiger partial charge in [-0.25, -0.2) is 8.42 Å². The second kappa shape index (κ2) is 8.67. The highest BCUT2D eigenvalue weighted by atomic mass is 32.2. The summed E-state index contributed by atoms with van der Waals surface area (Å²) < 4.78 is 27.5. The number of sulfonamides is 1. The molecule has 156 valence electrons. The molecule has 3 rings (SSSR count). The van der Waals surface area contributed by atoms with E-state index in [4.69, 9.17) is 0 Å². The predicted molar refractivity (Wildman–Crippen MR) is 115 cm³/mol. The number of carbonyl (C=O) groups excluding carboxylic acids is 1. The van der Waals surface area contributed by atoms with E-state index >= 15 is 0 Å². The zero-order valence-corrected chi connectivity index (χ0v) is 18.2. The van der Waals surface area contributed by atoms with Crippen molar-refractivity contribution in [1.29, 1.82) is 0 Å². The summed E-state index contributed by atoms with van der Waals surface area (Å²) in [4.78, 5) is 13.0. The average molecular weight is 415 g/mol. The van der Waals surface area contributed by atoms with Crippen LogP contribution in [0.15, 0.2) is 59.5 Å². The van der Waals surface area contributed by atoms with Crippen LogP contribution in [0, 0.1) is 5.92 Å². The minimum atomic E-state index is -3.58. The van der Waals surface area contributed by atoms with Crippen LogP contribution in [0.2, 0.25) is 0 Å². The van der Waals surface area contributed by atoms with Crippen LogP contribution in [0.25, 0.3) is 0 Å². The van der Waals surface area contributed by atoms with Gasteiger partial charge in [0.1, 0.15) is 0 Å². The Labute approximate surface area is 174 Å². The first-order valence-electron chi connectivity index (χ1n) is 10.1. The summed E-state index contributed by atoms with van der Waals surface area (Å²) in [7, 11) is -3.58. The third-order valence-corrected chi connectivity index (χ3v) is 7.31. The van der Waals surface area contributed by atoms with Crippen LogP contribution in [0.1, 0.15) is 49.5 Å². The lowest BCUT2D eigenvalue weighted by Crippen LogP contribution is -2.45. The van der Waals surface area contributed by atoms with Gasteiger partial charge in [-0.2, -0.15) is 4.31 Å². The number of hydrogen-bond donors (Lipinski definition) is 1. The van der Waals surface area contributed by atoms with E-state index in [-0.39, 0.29) is 10.8 Å². The third-order valence-electron chi connectivity index (χ3n) is 5.42. The van der Waals surface area contributed by atoms with Crippen LogP contribution in [0.5, 0.6) is 0 Å². The maximum atomic E-state index is 13.0. The molecule has 0 radical (unpaired) electrons. The normalized spacial score (nSPS) is 16.5. The molecule has 0 saturated carbocycles. The summed E-state index contributed by atoms with van der Waals surface area (Å²) in [5.41, 5.74) is 1.03. The van der Waals surface area contributed by atoms with E-state index in [1.807, 2.05) is 44.2 Å². The van der Waals surface area contributed by atoms with E-state index in [1.165, 1.54) is 10.4 Å². The van der Waals surface area contributed by atoms with Gasteiger partial charge in [0.25, 0.3) is 5.91 Å². The van der Waals surface area contributed by atoms with E-state index in [1.54, 1.807) is 18.2 Å². The van der Waals surface area contributed by atoms with Gasteiger partial charge in [0.05, 0.1) is 4.90 Å². The van der Waals surface area contributed by atoms with Gasteiger partial charge in [-0.15, -0.1) is 0 Å². The number of nitrogens with zero attached hydrogens (tertiary/aromatic N) is 1. The highest BCUT2D eigenvalue weighted by Gasteiger charge is 2.29. The van der Waals surface area contributed by atoms with Crippen LogP contribution < -0.4 is 5.32 Å². The standard InChI is InChI=1S/C23H30N2O3S/c1-18-12-14-25(15-13-18)29(27,28)21-11-7-10-20(16-21)22(26)24-23(2,3)17-19-8-5-4-6-9-19/h4-11,16,18H,12-15,17H2,1-3H3,(H,24,26). The SMILES string of the molecule is CC1CCN(S(=O)(=O)c2cccc(C(=O)NC(C)(C)Cc3ccccc3)c2)CC1. The van der Waals surface area contributed by atoms with Crippen LogP contribution in [0.3, 0.4) is 0 Å². The summed E-state index contributed by atoms with van der Waals surface area (Å²) in [6.45, 7) is 7.14. The van der Waals surface area contributed by atoms with Crippen LogP contribution >= 0.6 is 0 Å². The van der Waals surface area contributed by atoms with Crippen molar-refractivity contribution in [3.63, 3.8) is 0 Å². The molecular weight excluding hydrogens is 384 g/mol. The zero-order valence-electron chi connectivity index (χ0n) is 17.4. The Morgan fingerprint density at radius 3 is 2.38 bits per heavy atom. The Bertz CT molecular complexity index is 947. The Kier molecular flexibility index (Phi) is 6.44.